The van der Waals surface area contributed by atoms with Crippen molar-refractivity contribution in [1.29, 1.82) is 0 Å². The Morgan fingerprint density at radius 3 is 2.62 bits per heavy atom. The van der Waals surface area contributed by atoms with E-state index in [1.54, 1.807) is 0 Å². The summed E-state index contributed by atoms with van der Waals surface area (Å²) in [6.45, 7) is 3.24. The third-order valence-electron chi connectivity index (χ3n) is 1.04. The molecule has 0 aliphatic rings. The van der Waals surface area contributed by atoms with Gasteiger partial charge in [-0.05, 0) is 0 Å². The topological polar surface area (TPSA) is 107 Å². The molecule has 0 rings (SSSR count). The summed E-state index contributed by atoms with van der Waals surface area (Å²) in [5.74, 6) is -1.74. The van der Waals surface area contributed by atoms with Crippen LogP contribution in [0.3, 0.4) is 0 Å². The molecule has 0 amide bonds. The lowest BCUT2D eigenvalue weighted by Crippen LogP contribution is -2.38. The molecule has 13 heavy (non-hydrogen) atoms. The minimum absolute atomic E-state index is 0.0436. The van der Waals surface area contributed by atoms with E-state index in [1.807, 2.05) is 0 Å². The first-order valence-corrected chi connectivity index (χ1v) is 4.96. The molecular weight excluding hydrogens is 198 g/mol. The molecule has 1 unspecified atom stereocenters. The van der Waals surface area contributed by atoms with Crippen molar-refractivity contribution in [3.8, 4) is 0 Å². The number of hydrogen-bond donors (Lipinski definition) is 2. The van der Waals surface area contributed by atoms with Gasteiger partial charge in [0.05, 0.1) is 0 Å². The third kappa shape index (κ3) is 6.26. The van der Waals surface area contributed by atoms with Crippen LogP contribution >= 0.6 is 0 Å². The van der Waals surface area contributed by atoms with Gasteiger partial charge in [-0.15, -0.1) is 0 Å². The average molecular weight is 209 g/mol. The van der Waals surface area contributed by atoms with E-state index in [0.717, 1.165) is 0 Å². The van der Waals surface area contributed by atoms with Gasteiger partial charge in [-0.25, -0.2) is 0 Å². The molecule has 3 N–H and O–H groups in total. The van der Waals surface area contributed by atoms with Crippen molar-refractivity contribution in [3.05, 3.63) is 12.7 Å². The summed E-state index contributed by atoms with van der Waals surface area (Å²) in [6.07, 6.45) is 1.32. The minimum Gasteiger partial charge on any atom is -0.460 e. The molecule has 0 aromatic rings. The Labute approximate surface area is 76.1 Å². The number of esters is 1. The minimum atomic E-state index is -4.25. The van der Waals surface area contributed by atoms with E-state index in [-0.39, 0.29) is 6.61 Å². The molecule has 0 fully saturated rings. The normalized spacial score (nSPS) is 13.4. The molecule has 0 bridgehead atoms. The standard InChI is InChI=1S/C6H11NO5S/c1-2-3-12-6(8)5(7)4-13(9,10)11/h2,5H,1,3-4,7H2,(H,9,10,11). The zero-order valence-corrected chi connectivity index (χ0v) is 7.66. The van der Waals surface area contributed by atoms with Crippen molar-refractivity contribution < 1.29 is 22.5 Å². The molecule has 0 aliphatic heterocycles. The maximum Gasteiger partial charge on any atom is 0.324 e. The highest BCUT2D eigenvalue weighted by Crippen LogP contribution is 1.91. The quantitative estimate of drug-likeness (QED) is 0.339. The van der Waals surface area contributed by atoms with Crippen LogP contribution in [0.2, 0.25) is 0 Å². The second-order valence-corrected chi connectivity index (χ2v) is 3.77. The number of carbonyl (C=O) groups excluding carboxylic acids is 1. The van der Waals surface area contributed by atoms with Crippen molar-refractivity contribution in [2.45, 2.75) is 6.04 Å². The fourth-order valence-corrected chi connectivity index (χ4v) is 1.13. The second-order valence-electron chi connectivity index (χ2n) is 2.27. The zero-order valence-electron chi connectivity index (χ0n) is 6.84. The number of rotatable bonds is 5. The predicted octanol–water partition coefficient (Wildman–Crippen LogP) is -1.07. The van der Waals surface area contributed by atoms with E-state index in [9.17, 15) is 13.2 Å². The van der Waals surface area contributed by atoms with Crippen LogP contribution in [0.1, 0.15) is 0 Å². The Morgan fingerprint density at radius 2 is 2.23 bits per heavy atom. The molecular formula is C6H11NO5S. The molecule has 7 heteroatoms. The van der Waals surface area contributed by atoms with Gasteiger partial charge in [0, 0.05) is 0 Å². The molecule has 0 saturated heterocycles. The van der Waals surface area contributed by atoms with Gasteiger partial charge in [0.15, 0.2) is 0 Å². The maximum absolute atomic E-state index is 10.8. The highest BCUT2D eigenvalue weighted by Gasteiger charge is 2.20. The van der Waals surface area contributed by atoms with Crippen molar-refractivity contribution in [2.24, 2.45) is 5.73 Å². The number of nitrogens with two attached hydrogens (primary N) is 1. The average Bonchev–Trinajstić information content (AvgIpc) is 1.96. The Bertz CT molecular complexity index is 283. The molecule has 0 aliphatic carbocycles. The molecule has 0 spiro atoms. The smallest absolute Gasteiger partial charge is 0.324 e. The maximum atomic E-state index is 10.8. The summed E-state index contributed by atoms with van der Waals surface area (Å²) in [5, 5.41) is 0. The highest BCUT2D eigenvalue weighted by atomic mass is 32.2. The van der Waals surface area contributed by atoms with Gasteiger partial charge in [-0.1, -0.05) is 12.7 Å². The van der Waals surface area contributed by atoms with Crippen molar-refractivity contribution >= 4 is 16.1 Å². The van der Waals surface area contributed by atoms with E-state index in [2.05, 4.69) is 11.3 Å². The molecule has 1 atom stereocenters. The van der Waals surface area contributed by atoms with E-state index in [0.29, 0.717) is 0 Å². The number of hydrogen-bond acceptors (Lipinski definition) is 5. The third-order valence-corrected chi connectivity index (χ3v) is 1.82. The van der Waals surface area contributed by atoms with Crippen LogP contribution in [0, 0.1) is 0 Å². The first-order valence-electron chi connectivity index (χ1n) is 3.35. The van der Waals surface area contributed by atoms with Crippen LogP contribution in [-0.2, 0) is 19.6 Å². The van der Waals surface area contributed by atoms with Crippen LogP contribution in [0.4, 0.5) is 0 Å². The molecule has 76 valence electrons. The van der Waals surface area contributed by atoms with Gasteiger partial charge in [0.2, 0.25) is 0 Å². The molecule has 0 aromatic carbocycles. The highest BCUT2D eigenvalue weighted by molar-refractivity contribution is 7.85. The van der Waals surface area contributed by atoms with Crippen LogP contribution in [-0.4, -0.2) is 37.3 Å². The van der Waals surface area contributed by atoms with E-state index >= 15 is 0 Å². The molecule has 0 heterocycles. The molecule has 0 saturated carbocycles. The number of ether oxygens (including phenoxy) is 1. The molecule has 6 nitrogen and oxygen atoms in total. The first-order chi connectivity index (χ1) is 5.87. The van der Waals surface area contributed by atoms with E-state index in [1.165, 1.54) is 6.08 Å². The SMILES string of the molecule is C=CCOC(=O)C(N)CS(=O)(=O)O. The summed E-state index contributed by atoms with van der Waals surface area (Å²) in [4.78, 5) is 10.8. The fraction of sp³-hybridized carbons (Fsp3) is 0.500. The summed E-state index contributed by atoms with van der Waals surface area (Å²) in [7, 11) is -4.25. The van der Waals surface area contributed by atoms with Crippen LogP contribution < -0.4 is 5.73 Å². The number of carbonyl (C=O) groups is 1. The Morgan fingerprint density at radius 1 is 1.69 bits per heavy atom. The van der Waals surface area contributed by atoms with Crippen LogP contribution in [0.15, 0.2) is 12.7 Å². The van der Waals surface area contributed by atoms with Gasteiger partial charge in [-0.2, -0.15) is 8.42 Å². The van der Waals surface area contributed by atoms with Gasteiger partial charge < -0.3 is 10.5 Å². The largest absolute Gasteiger partial charge is 0.460 e. The molecule has 0 radical (unpaired) electrons. The second kappa shape index (κ2) is 4.95. The Hall–Kier alpha value is -0.920. The van der Waals surface area contributed by atoms with Crippen LogP contribution in [0.5, 0.6) is 0 Å². The Kier molecular flexibility index (Phi) is 4.60. The van der Waals surface area contributed by atoms with Crippen molar-refractivity contribution in [2.75, 3.05) is 12.4 Å². The summed E-state index contributed by atoms with van der Waals surface area (Å²) in [5.41, 5.74) is 5.10. The van der Waals surface area contributed by atoms with Gasteiger partial charge in [0.1, 0.15) is 18.4 Å². The van der Waals surface area contributed by atoms with Gasteiger partial charge in [-0.3, -0.25) is 9.35 Å². The first kappa shape index (κ1) is 12.1. The lowest BCUT2D eigenvalue weighted by atomic mass is 10.4. The summed E-state index contributed by atoms with van der Waals surface area (Å²) < 4.78 is 33.3. The summed E-state index contributed by atoms with van der Waals surface area (Å²) >= 11 is 0. The van der Waals surface area contributed by atoms with Gasteiger partial charge in [0.25, 0.3) is 10.1 Å². The van der Waals surface area contributed by atoms with Crippen molar-refractivity contribution in [1.82, 2.24) is 0 Å². The van der Waals surface area contributed by atoms with Crippen molar-refractivity contribution in [3.63, 3.8) is 0 Å². The van der Waals surface area contributed by atoms with E-state index in [4.69, 9.17) is 10.3 Å². The van der Waals surface area contributed by atoms with Gasteiger partial charge >= 0.3 is 5.97 Å². The lowest BCUT2D eigenvalue weighted by molar-refractivity contribution is -0.143. The lowest BCUT2D eigenvalue weighted by Gasteiger charge is -2.07. The Balaban J connectivity index is 4.04. The zero-order chi connectivity index (χ0) is 10.5. The summed E-state index contributed by atoms with van der Waals surface area (Å²) in [6, 6.07) is -1.37. The fourth-order valence-electron chi connectivity index (χ4n) is 0.543. The molecule has 0 aromatic heterocycles. The monoisotopic (exact) mass is 209 g/mol. The van der Waals surface area contributed by atoms with E-state index < -0.39 is 27.9 Å². The predicted molar refractivity (Wildman–Crippen MR) is 45.5 cm³/mol. The van der Waals surface area contributed by atoms with Crippen LogP contribution in [0.25, 0.3) is 0 Å².